The van der Waals surface area contributed by atoms with Gasteiger partial charge in [0.15, 0.2) is 22.2 Å². The first kappa shape index (κ1) is 22.5. The number of aryl methyl sites for hydroxylation is 1. The third kappa shape index (κ3) is 5.04. The molecule has 0 amide bonds. The zero-order valence-corrected chi connectivity index (χ0v) is 19.2. The molecule has 0 spiro atoms. The predicted molar refractivity (Wildman–Crippen MR) is 116 cm³/mol. The highest BCUT2D eigenvalue weighted by Crippen LogP contribution is 2.30. The molecule has 3 aromatic rings. The smallest absolute Gasteiger partial charge is 0.277 e. The molecule has 0 radical (unpaired) electrons. The summed E-state index contributed by atoms with van der Waals surface area (Å²) >= 11 is 1.12. The first-order valence-corrected chi connectivity index (χ1v) is 12.8. The molecule has 0 saturated carbocycles. The summed E-state index contributed by atoms with van der Waals surface area (Å²) in [5.41, 5.74) is 2.21. The fourth-order valence-electron chi connectivity index (χ4n) is 3.84. The number of benzene rings is 1. The number of rotatable bonds is 8. The van der Waals surface area contributed by atoms with Crippen molar-refractivity contribution >= 4 is 27.4 Å². The highest BCUT2D eigenvalue weighted by Gasteiger charge is 2.31. The van der Waals surface area contributed by atoms with Crippen molar-refractivity contribution in [3.63, 3.8) is 0 Å². The molecule has 3 heterocycles. The molecule has 1 aliphatic heterocycles. The molecule has 1 aromatic carbocycles. The Bertz CT molecular complexity index is 1230. The minimum Gasteiger partial charge on any atom is -0.484 e. The van der Waals surface area contributed by atoms with E-state index in [9.17, 15) is 17.6 Å². The highest BCUT2D eigenvalue weighted by molar-refractivity contribution is 7.99. The quantitative estimate of drug-likeness (QED) is 0.357. The lowest BCUT2D eigenvalue weighted by Gasteiger charge is -2.16. The summed E-state index contributed by atoms with van der Waals surface area (Å²) in [7, 11) is -3.02. The molecule has 1 unspecified atom stereocenters. The molecule has 32 heavy (non-hydrogen) atoms. The van der Waals surface area contributed by atoms with E-state index in [-0.39, 0.29) is 52.6 Å². The number of nitrogens with zero attached hydrogens (tertiary/aromatic N) is 3. The Morgan fingerprint density at radius 2 is 2.03 bits per heavy atom. The van der Waals surface area contributed by atoms with Gasteiger partial charge in [0.05, 0.1) is 17.3 Å². The van der Waals surface area contributed by atoms with Gasteiger partial charge in [-0.05, 0) is 50.6 Å². The van der Waals surface area contributed by atoms with E-state index in [0.29, 0.717) is 17.7 Å². The number of thioether (sulfide) groups is 1. The second-order valence-electron chi connectivity index (χ2n) is 7.63. The maximum Gasteiger partial charge on any atom is 0.277 e. The number of sulfone groups is 1. The van der Waals surface area contributed by atoms with E-state index in [4.69, 9.17) is 9.15 Å². The standard InChI is InChI=1S/C21H22FN3O5S2/c1-13-9-18(14(2)25(13)16-7-8-32(27,28)12-16)19(26)11-31-21-24-23-20(30-21)10-29-17-5-3-15(22)4-6-17/h3-6,9,16H,7-8,10-12H2,1-2H3. The van der Waals surface area contributed by atoms with Gasteiger partial charge in [0, 0.05) is 23.0 Å². The van der Waals surface area contributed by atoms with Crippen LogP contribution in [0.4, 0.5) is 4.39 Å². The minimum absolute atomic E-state index is 0.0264. The fourth-order valence-corrected chi connectivity index (χ4v) is 6.20. The van der Waals surface area contributed by atoms with Crippen LogP contribution in [0.25, 0.3) is 0 Å². The van der Waals surface area contributed by atoms with Crippen LogP contribution in [0.15, 0.2) is 40.0 Å². The van der Waals surface area contributed by atoms with Gasteiger partial charge in [-0.2, -0.15) is 0 Å². The van der Waals surface area contributed by atoms with E-state index in [1.54, 1.807) is 6.07 Å². The SMILES string of the molecule is Cc1cc(C(=O)CSc2nnc(COc3ccc(F)cc3)o2)c(C)n1C1CCS(=O)(=O)C1. The van der Waals surface area contributed by atoms with Gasteiger partial charge in [-0.15, -0.1) is 10.2 Å². The fraction of sp³-hybridized carbons (Fsp3) is 0.381. The molecule has 0 aliphatic carbocycles. The van der Waals surface area contributed by atoms with Crippen LogP contribution in [0, 0.1) is 19.7 Å². The van der Waals surface area contributed by atoms with E-state index < -0.39 is 9.84 Å². The van der Waals surface area contributed by atoms with Gasteiger partial charge in [0.2, 0.25) is 0 Å². The summed E-state index contributed by atoms with van der Waals surface area (Å²) in [6.45, 7) is 3.75. The van der Waals surface area contributed by atoms with Gasteiger partial charge >= 0.3 is 0 Å². The Balaban J connectivity index is 1.35. The van der Waals surface area contributed by atoms with Crippen LogP contribution in [0.1, 0.15) is 40.1 Å². The van der Waals surface area contributed by atoms with Crippen LogP contribution in [0.5, 0.6) is 5.75 Å². The Morgan fingerprint density at radius 1 is 1.28 bits per heavy atom. The Morgan fingerprint density at radius 3 is 2.72 bits per heavy atom. The summed E-state index contributed by atoms with van der Waals surface area (Å²) in [5.74, 6) is 0.650. The summed E-state index contributed by atoms with van der Waals surface area (Å²) in [6.07, 6.45) is 0.561. The van der Waals surface area contributed by atoms with Crippen molar-refractivity contribution in [1.82, 2.24) is 14.8 Å². The highest BCUT2D eigenvalue weighted by atomic mass is 32.2. The Hall–Kier alpha value is -2.66. The van der Waals surface area contributed by atoms with Crippen LogP contribution in [-0.4, -0.2) is 46.2 Å². The van der Waals surface area contributed by atoms with Crippen molar-refractivity contribution < 1.29 is 26.8 Å². The van der Waals surface area contributed by atoms with Gasteiger partial charge < -0.3 is 13.7 Å². The van der Waals surface area contributed by atoms with Crippen LogP contribution in [-0.2, 0) is 16.4 Å². The zero-order chi connectivity index (χ0) is 22.9. The number of Topliss-reactive ketones (excluding diaryl/α,β-unsaturated/α-hetero) is 1. The van der Waals surface area contributed by atoms with Crippen molar-refractivity contribution in [2.45, 2.75) is 38.1 Å². The molecule has 8 nitrogen and oxygen atoms in total. The van der Waals surface area contributed by atoms with Gasteiger partial charge in [0.1, 0.15) is 11.6 Å². The number of ether oxygens (including phenoxy) is 1. The topological polar surface area (TPSA) is 104 Å². The van der Waals surface area contributed by atoms with Crippen molar-refractivity contribution in [3.05, 3.63) is 59.0 Å². The van der Waals surface area contributed by atoms with Gasteiger partial charge in [-0.3, -0.25) is 4.79 Å². The van der Waals surface area contributed by atoms with Gasteiger partial charge in [-0.25, -0.2) is 12.8 Å². The normalized spacial score (nSPS) is 17.5. The molecule has 11 heteroatoms. The lowest BCUT2D eigenvalue weighted by Crippen LogP contribution is -2.14. The summed E-state index contributed by atoms with van der Waals surface area (Å²) in [5, 5.41) is 8.05. The van der Waals surface area contributed by atoms with Crippen molar-refractivity contribution in [1.29, 1.82) is 0 Å². The second kappa shape index (κ2) is 9.07. The van der Waals surface area contributed by atoms with E-state index in [1.807, 2.05) is 18.4 Å². The zero-order valence-electron chi connectivity index (χ0n) is 17.6. The van der Waals surface area contributed by atoms with Crippen molar-refractivity contribution in [2.24, 2.45) is 0 Å². The Labute approximate surface area is 189 Å². The molecular formula is C21H22FN3O5S2. The molecule has 1 fully saturated rings. The number of aromatic nitrogens is 3. The lowest BCUT2D eigenvalue weighted by atomic mass is 10.2. The number of carbonyl (C=O) groups excluding carboxylic acids is 1. The van der Waals surface area contributed by atoms with Crippen molar-refractivity contribution in [2.75, 3.05) is 17.3 Å². The molecular weight excluding hydrogens is 457 g/mol. The van der Waals surface area contributed by atoms with Crippen LogP contribution in [0.3, 0.4) is 0 Å². The van der Waals surface area contributed by atoms with Crippen molar-refractivity contribution in [3.8, 4) is 5.75 Å². The van der Waals surface area contributed by atoms with E-state index in [2.05, 4.69) is 10.2 Å². The lowest BCUT2D eigenvalue weighted by molar-refractivity contribution is 0.102. The number of hydrogen-bond donors (Lipinski definition) is 0. The summed E-state index contributed by atoms with van der Waals surface area (Å²) < 4.78 is 49.5. The first-order chi connectivity index (χ1) is 15.2. The number of ketones is 1. The number of carbonyl (C=O) groups is 1. The minimum atomic E-state index is -3.02. The molecule has 4 rings (SSSR count). The summed E-state index contributed by atoms with van der Waals surface area (Å²) in [6, 6.07) is 7.25. The predicted octanol–water partition coefficient (Wildman–Crippen LogP) is 3.54. The van der Waals surface area contributed by atoms with Crippen LogP contribution in [0.2, 0.25) is 0 Å². The largest absolute Gasteiger partial charge is 0.484 e. The maximum absolute atomic E-state index is 12.9. The van der Waals surface area contributed by atoms with Crippen LogP contribution < -0.4 is 4.74 Å². The maximum atomic E-state index is 12.9. The second-order valence-corrected chi connectivity index (χ2v) is 10.8. The van der Waals surface area contributed by atoms with Crippen LogP contribution >= 0.6 is 11.8 Å². The molecule has 2 aromatic heterocycles. The third-order valence-corrected chi connectivity index (χ3v) is 7.88. The van der Waals surface area contributed by atoms with E-state index in [0.717, 1.165) is 23.1 Å². The summed E-state index contributed by atoms with van der Waals surface area (Å²) in [4.78, 5) is 12.8. The molecule has 1 atom stereocenters. The van der Waals surface area contributed by atoms with E-state index in [1.165, 1.54) is 24.3 Å². The molecule has 1 aliphatic rings. The van der Waals surface area contributed by atoms with Gasteiger partial charge in [-0.1, -0.05) is 11.8 Å². The first-order valence-electron chi connectivity index (χ1n) is 9.97. The number of halogens is 1. The average Bonchev–Trinajstić information content (AvgIpc) is 3.43. The Kier molecular flexibility index (Phi) is 6.38. The molecule has 0 bridgehead atoms. The molecule has 1 saturated heterocycles. The average molecular weight is 480 g/mol. The molecule has 0 N–H and O–H groups in total. The number of hydrogen-bond acceptors (Lipinski definition) is 8. The van der Waals surface area contributed by atoms with Gasteiger partial charge in [0.25, 0.3) is 11.1 Å². The van der Waals surface area contributed by atoms with E-state index >= 15 is 0 Å². The third-order valence-electron chi connectivity index (χ3n) is 5.31. The molecule has 170 valence electrons. The monoisotopic (exact) mass is 479 g/mol.